The molecule has 3 nitrogen and oxygen atoms in total. The number of ether oxygens (including phenoxy) is 1. The highest BCUT2D eigenvalue weighted by Gasteiger charge is 2.23. The van der Waals surface area contributed by atoms with E-state index < -0.39 is 6.10 Å². The van der Waals surface area contributed by atoms with Crippen molar-refractivity contribution in [2.75, 3.05) is 0 Å². The molecule has 0 aromatic heterocycles. The second-order valence-electron chi connectivity index (χ2n) is 7.63. The third-order valence-corrected chi connectivity index (χ3v) is 4.89. The van der Waals surface area contributed by atoms with Gasteiger partial charge in [0.15, 0.2) is 6.10 Å². The van der Waals surface area contributed by atoms with Gasteiger partial charge in [0.2, 0.25) is 0 Å². The lowest BCUT2D eigenvalue weighted by molar-refractivity contribution is -0.129. The van der Waals surface area contributed by atoms with Crippen LogP contribution in [0.25, 0.3) is 10.8 Å². The second-order valence-corrected chi connectivity index (χ2v) is 7.63. The van der Waals surface area contributed by atoms with Gasteiger partial charge in [-0.2, -0.15) is 0 Å². The fourth-order valence-corrected chi connectivity index (χ4v) is 3.43. The highest BCUT2D eigenvalue weighted by molar-refractivity contribution is 5.84. The first-order chi connectivity index (χ1) is 13.6. The van der Waals surface area contributed by atoms with Crippen LogP contribution < -0.4 is 10.1 Å². The molecular weight excluding hydrogens is 346 g/mol. The summed E-state index contributed by atoms with van der Waals surface area (Å²) in [5.74, 6) is 1.14. The Morgan fingerprint density at radius 1 is 0.929 bits per heavy atom. The zero-order valence-corrected chi connectivity index (χ0v) is 16.9. The van der Waals surface area contributed by atoms with Crippen LogP contribution in [0.4, 0.5) is 0 Å². The van der Waals surface area contributed by atoms with E-state index in [2.05, 4.69) is 43.4 Å². The molecule has 2 unspecified atom stereocenters. The summed E-state index contributed by atoms with van der Waals surface area (Å²) in [4.78, 5) is 13.0. The largest absolute Gasteiger partial charge is 0.481 e. The lowest BCUT2D eigenvalue weighted by atomic mass is 9.96. The van der Waals surface area contributed by atoms with E-state index in [0.29, 0.717) is 12.3 Å². The van der Waals surface area contributed by atoms with E-state index in [0.717, 1.165) is 28.5 Å². The van der Waals surface area contributed by atoms with Gasteiger partial charge in [0, 0.05) is 0 Å². The van der Waals surface area contributed by atoms with Crippen molar-refractivity contribution >= 4 is 16.7 Å². The Morgan fingerprint density at radius 3 is 2.29 bits per heavy atom. The summed E-state index contributed by atoms with van der Waals surface area (Å²) in [6.07, 6.45) is 0.990. The van der Waals surface area contributed by atoms with Crippen LogP contribution in [0.2, 0.25) is 0 Å². The Balaban J connectivity index is 1.73. The van der Waals surface area contributed by atoms with E-state index in [-0.39, 0.29) is 11.9 Å². The Kier molecular flexibility index (Phi) is 6.70. The van der Waals surface area contributed by atoms with Crippen LogP contribution in [0.3, 0.4) is 0 Å². The van der Waals surface area contributed by atoms with E-state index in [9.17, 15) is 4.79 Å². The predicted molar refractivity (Wildman–Crippen MR) is 115 cm³/mol. The first kappa shape index (κ1) is 19.9. The first-order valence-corrected chi connectivity index (χ1v) is 10.1. The number of fused-ring (bicyclic) bond motifs is 1. The summed E-state index contributed by atoms with van der Waals surface area (Å²) in [7, 11) is 0. The minimum Gasteiger partial charge on any atom is -0.481 e. The van der Waals surface area contributed by atoms with Crippen molar-refractivity contribution < 1.29 is 9.53 Å². The number of benzene rings is 3. The molecule has 3 rings (SSSR count). The summed E-state index contributed by atoms with van der Waals surface area (Å²) >= 11 is 0. The average Bonchev–Trinajstić information content (AvgIpc) is 2.71. The number of rotatable bonds is 8. The molecule has 0 aliphatic rings. The van der Waals surface area contributed by atoms with Gasteiger partial charge < -0.3 is 10.1 Å². The maximum atomic E-state index is 13.0. The van der Waals surface area contributed by atoms with Crippen molar-refractivity contribution in [2.24, 2.45) is 5.92 Å². The number of hydrogen-bond donors (Lipinski definition) is 1. The third kappa shape index (κ3) is 5.13. The molecule has 3 aromatic carbocycles. The van der Waals surface area contributed by atoms with Crippen molar-refractivity contribution in [3.63, 3.8) is 0 Å². The molecule has 0 aliphatic carbocycles. The molecule has 1 amide bonds. The fourth-order valence-electron chi connectivity index (χ4n) is 3.43. The van der Waals surface area contributed by atoms with Gasteiger partial charge in [-0.05, 0) is 47.2 Å². The normalized spacial score (nSPS) is 13.3. The highest BCUT2D eigenvalue weighted by atomic mass is 16.5. The minimum absolute atomic E-state index is 0.0112. The molecule has 0 bridgehead atoms. The highest BCUT2D eigenvalue weighted by Crippen LogP contribution is 2.24. The number of hydrogen-bond acceptors (Lipinski definition) is 2. The molecule has 0 radical (unpaired) electrons. The monoisotopic (exact) mass is 375 g/mol. The SMILES string of the molecule is CCC(Oc1ccc2ccccc2c1)C(=O)NC(CC(C)C)c1ccccc1. The van der Waals surface area contributed by atoms with Gasteiger partial charge in [0.1, 0.15) is 5.75 Å². The van der Waals surface area contributed by atoms with E-state index in [1.165, 1.54) is 0 Å². The molecule has 1 N–H and O–H groups in total. The maximum Gasteiger partial charge on any atom is 0.261 e. The molecular formula is C25H29NO2. The van der Waals surface area contributed by atoms with Crippen LogP contribution in [0.1, 0.15) is 45.2 Å². The first-order valence-electron chi connectivity index (χ1n) is 10.1. The Morgan fingerprint density at radius 2 is 1.61 bits per heavy atom. The fraction of sp³-hybridized carbons (Fsp3) is 0.320. The van der Waals surface area contributed by atoms with Crippen molar-refractivity contribution in [3.05, 3.63) is 78.4 Å². The van der Waals surface area contributed by atoms with Crippen LogP contribution in [0.5, 0.6) is 5.75 Å². The number of carbonyl (C=O) groups excluding carboxylic acids is 1. The average molecular weight is 376 g/mol. The molecule has 0 fully saturated rings. The molecule has 0 heterocycles. The van der Waals surface area contributed by atoms with Gasteiger partial charge in [0.05, 0.1) is 6.04 Å². The van der Waals surface area contributed by atoms with Crippen LogP contribution >= 0.6 is 0 Å². The van der Waals surface area contributed by atoms with Crippen LogP contribution in [0, 0.1) is 5.92 Å². The van der Waals surface area contributed by atoms with Crippen molar-refractivity contribution in [2.45, 2.75) is 45.8 Å². The molecule has 146 valence electrons. The molecule has 3 heteroatoms. The summed E-state index contributed by atoms with van der Waals surface area (Å²) in [5, 5.41) is 5.48. The number of nitrogens with one attached hydrogen (secondary N) is 1. The molecule has 3 aromatic rings. The second kappa shape index (κ2) is 9.41. The van der Waals surface area contributed by atoms with Gasteiger partial charge in [-0.25, -0.2) is 0 Å². The lowest BCUT2D eigenvalue weighted by Crippen LogP contribution is -2.40. The van der Waals surface area contributed by atoms with Crippen LogP contribution in [0.15, 0.2) is 72.8 Å². The predicted octanol–water partition coefficient (Wildman–Crippen LogP) is 5.90. The number of carbonyl (C=O) groups is 1. The number of amides is 1. The Labute approximate surface area is 167 Å². The zero-order valence-electron chi connectivity index (χ0n) is 16.9. The van der Waals surface area contributed by atoms with E-state index in [1.807, 2.05) is 55.5 Å². The molecule has 28 heavy (non-hydrogen) atoms. The van der Waals surface area contributed by atoms with Gasteiger partial charge in [-0.3, -0.25) is 4.79 Å². The third-order valence-electron chi connectivity index (χ3n) is 4.89. The smallest absolute Gasteiger partial charge is 0.261 e. The molecule has 2 atom stereocenters. The Hall–Kier alpha value is -2.81. The van der Waals surface area contributed by atoms with Crippen LogP contribution in [-0.2, 0) is 4.79 Å². The maximum absolute atomic E-state index is 13.0. The van der Waals surface area contributed by atoms with Crippen LogP contribution in [-0.4, -0.2) is 12.0 Å². The van der Waals surface area contributed by atoms with E-state index in [4.69, 9.17) is 4.74 Å². The van der Waals surface area contributed by atoms with E-state index >= 15 is 0 Å². The summed E-state index contributed by atoms with van der Waals surface area (Å²) in [5.41, 5.74) is 1.13. The molecule has 0 saturated heterocycles. The van der Waals surface area contributed by atoms with Crippen molar-refractivity contribution in [1.29, 1.82) is 0 Å². The summed E-state index contributed by atoms with van der Waals surface area (Å²) < 4.78 is 6.06. The quantitative estimate of drug-likeness (QED) is 0.532. The molecule has 0 spiro atoms. The summed E-state index contributed by atoms with van der Waals surface area (Å²) in [6.45, 7) is 6.32. The molecule has 0 aliphatic heterocycles. The Bertz CT molecular complexity index is 905. The van der Waals surface area contributed by atoms with E-state index in [1.54, 1.807) is 0 Å². The van der Waals surface area contributed by atoms with Gasteiger partial charge in [-0.1, -0.05) is 81.4 Å². The van der Waals surface area contributed by atoms with Gasteiger partial charge >= 0.3 is 0 Å². The van der Waals surface area contributed by atoms with Crippen molar-refractivity contribution in [1.82, 2.24) is 5.32 Å². The lowest BCUT2D eigenvalue weighted by Gasteiger charge is -2.24. The minimum atomic E-state index is -0.514. The van der Waals surface area contributed by atoms with Gasteiger partial charge in [-0.15, -0.1) is 0 Å². The molecule has 0 saturated carbocycles. The summed E-state index contributed by atoms with van der Waals surface area (Å²) in [6, 6.07) is 24.2. The standard InChI is InChI=1S/C25H29NO2/c1-4-24(28-22-15-14-19-10-8-9-13-21(19)17-22)25(27)26-23(16-18(2)3)20-11-6-5-7-12-20/h5-15,17-18,23-24H,4,16H2,1-3H3,(H,26,27). The zero-order chi connectivity index (χ0) is 19.9. The topological polar surface area (TPSA) is 38.3 Å². The van der Waals surface area contributed by atoms with Gasteiger partial charge in [0.25, 0.3) is 5.91 Å². The van der Waals surface area contributed by atoms with Crippen molar-refractivity contribution in [3.8, 4) is 5.75 Å².